The van der Waals surface area contributed by atoms with Crippen LogP contribution in [0.4, 0.5) is 0 Å². The maximum atomic E-state index is 5.54. The van der Waals surface area contributed by atoms with E-state index in [0.29, 0.717) is 0 Å². The van der Waals surface area contributed by atoms with E-state index in [1.807, 2.05) is 12.1 Å². The second kappa shape index (κ2) is 12.8. The van der Waals surface area contributed by atoms with E-state index >= 15 is 0 Å². The third-order valence-corrected chi connectivity index (χ3v) is 3.49. The number of nitrogens with zero attached hydrogens (tertiary/aromatic N) is 1. The first-order valence-electron chi connectivity index (χ1n) is 8.45. The molecule has 1 rings (SSSR count). The number of rotatable bonds is 11. The van der Waals surface area contributed by atoms with E-state index in [1.54, 1.807) is 14.2 Å². The quantitative estimate of drug-likeness (QED) is 0.374. The lowest BCUT2D eigenvalue weighted by Crippen LogP contribution is -2.39. The molecule has 0 aliphatic rings. The molecule has 0 saturated carbocycles. The maximum Gasteiger partial charge on any atom is 0.190 e. The number of aliphatic imine (C=N–C) groups is 1. The summed E-state index contributed by atoms with van der Waals surface area (Å²) >= 11 is 0. The van der Waals surface area contributed by atoms with Crippen molar-refractivity contribution < 1.29 is 9.47 Å². The molecule has 0 atom stereocenters. The molecule has 0 amide bonds. The first-order valence-corrected chi connectivity index (χ1v) is 8.45. The summed E-state index contributed by atoms with van der Waals surface area (Å²) in [5.74, 6) is 1.73. The summed E-state index contributed by atoms with van der Waals surface area (Å²) in [5, 5.41) is 6.63. The van der Waals surface area contributed by atoms with E-state index in [2.05, 4.69) is 34.7 Å². The van der Waals surface area contributed by atoms with Gasteiger partial charge in [-0.1, -0.05) is 25.5 Å². The monoisotopic (exact) mass is 321 g/mol. The summed E-state index contributed by atoms with van der Waals surface area (Å²) in [6.45, 7) is 5.56. The molecule has 5 heteroatoms. The highest BCUT2D eigenvalue weighted by Gasteiger charge is 1.98. The van der Waals surface area contributed by atoms with Gasteiger partial charge in [0.25, 0.3) is 0 Å². The Labute approximate surface area is 140 Å². The number of methoxy groups -OCH3 is 1. The number of hydrogen-bond donors (Lipinski definition) is 2. The van der Waals surface area contributed by atoms with Gasteiger partial charge in [0.05, 0.1) is 7.11 Å². The lowest BCUT2D eigenvalue weighted by atomic mass is 10.1. The summed E-state index contributed by atoms with van der Waals surface area (Å²) in [7, 11) is 3.47. The average Bonchev–Trinajstić information content (AvgIpc) is 2.60. The lowest BCUT2D eigenvalue weighted by molar-refractivity contribution is 0.129. The van der Waals surface area contributed by atoms with Crippen LogP contribution >= 0.6 is 0 Å². The SMILES string of the molecule is CCCCOCCCNC(=NC)NCCc1ccc(OC)cc1. The van der Waals surface area contributed by atoms with E-state index in [-0.39, 0.29) is 0 Å². The van der Waals surface area contributed by atoms with Crippen molar-refractivity contribution in [3.8, 4) is 5.75 Å². The van der Waals surface area contributed by atoms with Gasteiger partial charge in [0, 0.05) is 33.4 Å². The number of benzene rings is 1. The smallest absolute Gasteiger partial charge is 0.190 e. The molecule has 2 N–H and O–H groups in total. The predicted octanol–water partition coefficient (Wildman–Crippen LogP) is 2.61. The van der Waals surface area contributed by atoms with Crippen LogP contribution in [0.2, 0.25) is 0 Å². The second-order valence-electron chi connectivity index (χ2n) is 5.34. The highest BCUT2D eigenvalue weighted by atomic mass is 16.5. The minimum absolute atomic E-state index is 0.801. The first-order chi connectivity index (χ1) is 11.3. The third kappa shape index (κ3) is 9.08. The molecule has 0 aromatic heterocycles. The Balaban J connectivity index is 2.11. The van der Waals surface area contributed by atoms with Gasteiger partial charge in [-0.3, -0.25) is 4.99 Å². The highest BCUT2D eigenvalue weighted by Crippen LogP contribution is 2.11. The molecule has 5 nitrogen and oxygen atoms in total. The maximum absolute atomic E-state index is 5.54. The van der Waals surface area contributed by atoms with E-state index < -0.39 is 0 Å². The number of nitrogens with one attached hydrogen (secondary N) is 2. The van der Waals surface area contributed by atoms with Crippen LogP contribution in [0, 0.1) is 0 Å². The van der Waals surface area contributed by atoms with Gasteiger partial charge < -0.3 is 20.1 Å². The molecule has 0 heterocycles. The molecule has 0 fully saturated rings. The van der Waals surface area contributed by atoms with Crippen LogP contribution in [0.5, 0.6) is 5.75 Å². The Hall–Kier alpha value is -1.75. The fourth-order valence-corrected chi connectivity index (χ4v) is 2.07. The molecule has 0 saturated heterocycles. The van der Waals surface area contributed by atoms with Crippen LogP contribution in [0.15, 0.2) is 29.3 Å². The fourth-order valence-electron chi connectivity index (χ4n) is 2.07. The van der Waals surface area contributed by atoms with E-state index in [0.717, 1.165) is 57.3 Å². The standard InChI is InChI=1S/C18H31N3O2/c1-4-5-14-23-15-6-12-20-18(19-2)21-13-11-16-7-9-17(22-3)10-8-16/h7-10H,4-6,11-15H2,1-3H3,(H2,19,20,21). The third-order valence-electron chi connectivity index (χ3n) is 3.49. The van der Waals surface area contributed by atoms with E-state index in [1.165, 1.54) is 12.0 Å². The van der Waals surface area contributed by atoms with Crippen molar-refractivity contribution in [3.05, 3.63) is 29.8 Å². The van der Waals surface area contributed by atoms with Crippen LogP contribution in [-0.4, -0.2) is 46.4 Å². The van der Waals surface area contributed by atoms with Gasteiger partial charge in [-0.25, -0.2) is 0 Å². The Bertz CT molecular complexity index is 432. The molecule has 0 bridgehead atoms. The Kier molecular flexibility index (Phi) is 10.7. The Morgan fingerprint density at radius 2 is 1.74 bits per heavy atom. The topological polar surface area (TPSA) is 54.9 Å². The number of ether oxygens (including phenoxy) is 2. The summed E-state index contributed by atoms with van der Waals surface area (Å²) in [6, 6.07) is 8.15. The van der Waals surface area contributed by atoms with Crippen LogP contribution in [0.3, 0.4) is 0 Å². The van der Waals surface area contributed by atoms with Gasteiger partial charge in [0.15, 0.2) is 5.96 Å². The van der Waals surface area contributed by atoms with Crippen molar-refractivity contribution in [2.75, 3.05) is 40.5 Å². The normalized spacial score (nSPS) is 11.3. The zero-order valence-corrected chi connectivity index (χ0v) is 14.7. The molecule has 0 aliphatic carbocycles. The van der Waals surface area contributed by atoms with Crippen LogP contribution < -0.4 is 15.4 Å². The molecule has 1 aromatic rings. The van der Waals surface area contributed by atoms with E-state index in [4.69, 9.17) is 9.47 Å². The van der Waals surface area contributed by atoms with Crippen molar-refractivity contribution in [2.45, 2.75) is 32.6 Å². The molecule has 0 radical (unpaired) electrons. The lowest BCUT2D eigenvalue weighted by Gasteiger charge is -2.12. The van der Waals surface area contributed by atoms with Gasteiger partial charge >= 0.3 is 0 Å². The highest BCUT2D eigenvalue weighted by molar-refractivity contribution is 5.79. The molecular formula is C18H31N3O2. The van der Waals surface area contributed by atoms with Gasteiger partial charge in [0.1, 0.15) is 5.75 Å². The van der Waals surface area contributed by atoms with Crippen LogP contribution in [0.25, 0.3) is 0 Å². The summed E-state index contributed by atoms with van der Waals surface area (Å²) in [5.41, 5.74) is 1.28. The summed E-state index contributed by atoms with van der Waals surface area (Å²) < 4.78 is 10.7. The molecule has 130 valence electrons. The van der Waals surface area contributed by atoms with Crippen molar-refractivity contribution in [1.82, 2.24) is 10.6 Å². The minimum Gasteiger partial charge on any atom is -0.497 e. The molecule has 0 spiro atoms. The van der Waals surface area contributed by atoms with Gasteiger partial charge in [0.2, 0.25) is 0 Å². The van der Waals surface area contributed by atoms with Gasteiger partial charge in [-0.2, -0.15) is 0 Å². The van der Waals surface area contributed by atoms with Crippen molar-refractivity contribution >= 4 is 5.96 Å². The summed E-state index contributed by atoms with van der Waals surface area (Å²) in [4.78, 5) is 4.23. The van der Waals surface area contributed by atoms with Crippen molar-refractivity contribution in [3.63, 3.8) is 0 Å². The Morgan fingerprint density at radius 3 is 2.39 bits per heavy atom. The number of unbranched alkanes of at least 4 members (excludes halogenated alkanes) is 1. The average molecular weight is 321 g/mol. The molecule has 0 aliphatic heterocycles. The van der Waals surface area contributed by atoms with Crippen LogP contribution in [-0.2, 0) is 11.2 Å². The largest absolute Gasteiger partial charge is 0.497 e. The molecular weight excluding hydrogens is 290 g/mol. The predicted molar refractivity (Wildman–Crippen MR) is 96.4 cm³/mol. The zero-order valence-electron chi connectivity index (χ0n) is 14.7. The summed E-state index contributed by atoms with van der Waals surface area (Å²) in [6.07, 6.45) is 4.26. The fraction of sp³-hybridized carbons (Fsp3) is 0.611. The first kappa shape index (κ1) is 19.3. The van der Waals surface area contributed by atoms with Crippen molar-refractivity contribution in [2.24, 2.45) is 4.99 Å². The second-order valence-corrected chi connectivity index (χ2v) is 5.34. The molecule has 1 aromatic carbocycles. The number of guanidine groups is 1. The minimum atomic E-state index is 0.801. The Morgan fingerprint density at radius 1 is 1.04 bits per heavy atom. The van der Waals surface area contributed by atoms with Gasteiger partial charge in [-0.05, 0) is 37.0 Å². The zero-order chi connectivity index (χ0) is 16.8. The number of hydrogen-bond acceptors (Lipinski definition) is 3. The van der Waals surface area contributed by atoms with Gasteiger partial charge in [-0.15, -0.1) is 0 Å². The molecule has 0 unspecified atom stereocenters. The van der Waals surface area contributed by atoms with E-state index in [9.17, 15) is 0 Å². The van der Waals surface area contributed by atoms with Crippen molar-refractivity contribution in [1.29, 1.82) is 0 Å². The van der Waals surface area contributed by atoms with Crippen LogP contribution in [0.1, 0.15) is 31.7 Å². The molecule has 23 heavy (non-hydrogen) atoms.